The van der Waals surface area contributed by atoms with Crippen molar-refractivity contribution in [1.29, 1.82) is 0 Å². The zero-order valence-electron chi connectivity index (χ0n) is 17.9. The van der Waals surface area contributed by atoms with Gasteiger partial charge in [0.25, 0.3) is 0 Å². The Balaban J connectivity index is 1.09. The van der Waals surface area contributed by atoms with E-state index in [0.29, 0.717) is 13.2 Å². The first-order chi connectivity index (χ1) is 15.4. The topological polar surface area (TPSA) is 47.1 Å². The van der Waals surface area contributed by atoms with Crippen LogP contribution >= 0.6 is 0 Å². The smallest absolute Gasteiger partial charge is 0.492 e. The molecule has 5 rings (SSSR count). The summed E-state index contributed by atoms with van der Waals surface area (Å²) in [5.74, 6) is 1.05. The van der Waals surface area contributed by atoms with Crippen molar-refractivity contribution in [1.82, 2.24) is 14.8 Å². The lowest BCUT2D eigenvalue weighted by molar-refractivity contribution is -0.286. The van der Waals surface area contributed by atoms with Crippen LogP contribution in [-0.4, -0.2) is 60.4 Å². The maximum atomic E-state index is 13.2. The van der Waals surface area contributed by atoms with Crippen molar-refractivity contribution in [2.75, 3.05) is 39.3 Å². The minimum absolute atomic E-state index is 0.0840. The molecule has 2 aliphatic heterocycles. The number of fused-ring (bicyclic) bond motifs is 2. The van der Waals surface area contributed by atoms with Crippen LogP contribution in [0.3, 0.4) is 0 Å². The summed E-state index contributed by atoms with van der Waals surface area (Å²) in [4.78, 5) is 9.25. The molecule has 0 N–H and O–H groups in total. The Kier molecular flexibility index (Phi) is 5.57. The highest BCUT2D eigenvalue weighted by molar-refractivity contribution is 5.85. The van der Waals surface area contributed by atoms with Crippen molar-refractivity contribution in [3.05, 3.63) is 59.8 Å². The Bertz CT molecular complexity index is 1120. The van der Waals surface area contributed by atoms with Crippen LogP contribution in [0.2, 0.25) is 0 Å². The van der Waals surface area contributed by atoms with Gasteiger partial charge in [0.1, 0.15) is 12.4 Å². The van der Waals surface area contributed by atoms with Gasteiger partial charge in [-0.15, -0.1) is 8.78 Å². The van der Waals surface area contributed by atoms with Crippen molar-refractivity contribution in [2.45, 2.75) is 19.8 Å². The number of nitrogens with zero attached hydrogens (tertiary/aromatic N) is 3. The quantitative estimate of drug-likeness (QED) is 0.575. The molecule has 3 aromatic rings. The van der Waals surface area contributed by atoms with Crippen LogP contribution < -0.4 is 14.2 Å². The maximum absolute atomic E-state index is 13.2. The lowest BCUT2D eigenvalue weighted by atomic mass is 10.1. The number of halogens is 2. The first-order valence-electron chi connectivity index (χ1n) is 10.8. The minimum Gasteiger partial charge on any atom is -0.492 e. The highest BCUT2D eigenvalue weighted by atomic mass is 19.3. The number of alkyl halides is 2. The molecule has 0 bridgehead atoms. The van der Waals surface area contributed by atoms with Crippen molar-refractivity contribution in [3.63, 3.8) is 0 Å². The molecule has 0 amide bonds. The highest BCUT2D eigenvalue weighted by Gasteiger charge is 2.43. The van der Waals surface area contributed by atoms with E-state index in [4.69, 9.17) is 4.74 Å². The third-order valence-electron chi connectivity index (χ3n) is 5.83. The summed E-state index contributed by atoms with van der Waals surface area (Å²) in [7, 11) is 0. The lowest BCUT2D eigenvalue weighted by Crippen LogP contribution is -2.47. The van der Waals surface area contributed by atoms with Gasteiger partial charge in [-0.25, -0.2) is 0 Å². The molecular formula is C24H25F2N3O3. The molecule has 168 valence electrons. The van der Waals surface area contributed by atoms with Crippen LogP contribution in [0.15, 0.2) is 48.5 Å². The fourth-order valence-corrected chi connectivity index (χ4v) is 4.16. The molecule has 2 aliphatic rings. The number of rotatable bonds is 6. The number of benzene rings is 2. The monoisotopic (exact) mass is 441 g/mol. The molecule has 1 fully saturated rings. The molecule has 0 saturated carbocycles. The summed E-state index contributed by atoms with van der Waals surface area (Å²) in [5.41, 5.74) is 2.87. The highest BCUT2D eigenvalue weighted by Crippen LogP contribution is 2.41. The number of hydrogen-bond acceptors (Lipinski definition) is 6. The van der Waals surface area contributed by atoms with Crippen LogP contribution in [0.1, 0.15) is 11.3 Å². The van der Waals surface area contributed by atoms with Crippen LogP contribution in [0, 0.1) is 6.92 Å². The second-order valence-corrected chi connectivity index (χ2v) is 8.19. The van der Waals surface area contributed by atoms with Crippen LogP contribution in [0.4, 0.5) is 8.78 Å². The van der Waals surface area contributed by atoms with E-state index in [9.17, 15) is 8.78 Å². The second-order valence-electron chi connectivity index (χ2n) is 8.19. The van der Waals surface area contributed by atoms with Crippen molar-refractivity contribution in [2.24, 2.45) is 0 Å². The fourth-order valence-electron chi connectivity index (χ4n) is 4.16. The van der Waals surface area contributed by atoms with Crippen molar-refractivity contribution >= 4 is 10.9 Å². The van der Waals surface area contributed by atoms with E-state index < -0.39 is 6.29 Å². The molecule has 3 heterocycles. The van der Waals surface area contributed by atoms with Crippen LogP contribution in [-0.2, 0) is 6.54 Å². The normalized spacial score (nSPS) is 18.2. The Morgan fingerprint density at radius 1 is 0.969 bits per heavy atom. The van der Waals surface area contributed by atoms with Gasteiger partial charge in [0.2, 0.25) is 0 Å². The van der Waals surface area contributed by atoms with Gasteiger partial charge in [0.15, 0.2) is 11.5 Å². The molecule has 0 unspecified atom stereocenters. The number of hydrogen-bond donors (Lipinski definition) is 0. The molecule has 1 saturated heterocycles. The maximum Gasteiger partial charge on any atom is 0.586 e. The second kappa shape index (κ2) is 8.52. The summed E-state index contributed by atoms with van der Waals surface area (Å²) >= 11 is 0. The minimum atomic E-state index is -3.57. The summed E-state index contributed by atoms with van der Waals surface area (Å²) in [6, 6.07) is 15.0. The standard InChI is InChI=1S/C24H25F2N3O3/c1-17-5-7-19-20(27-17)3-2-4-21(19)30-14-13-28-9-11-29(12-10-28)16-18-6-8-22-23(15-18)32-24(25,26)31-22/h2-8,15H,9-14,16H2,1H3. The summed E-state index contributed by atoms with van der Waals surface area (Å²) in [6.45, 7) is 7.81. The van der Waals surface area contributed by atoms with Gasteiger partial charge in [-0.1, -0.05) is 12.1 Å². The number of aromatic nitrogens is 1. The first kappa shape index (κ1) is 20.9. The van der Waals surface area contributed by atoms with E-state index in [1.165, 1.54) is 0 Å². The summed E-state index contributed by atoms with van der Waals surface area (Å²) in [6.07, 6.45) is -3.57. The SMILES string of the molecule is Cc1ccc2c(OCCN3CCN(Cc4ccc5c(c4)OC(F)(F)O5)CC3)cccc2n1. The molecule has 0 atom stereocenters. The van der Waals surface area contributed by atoms with Gasteiger partial charge in [-0.2, -0.15) is 0 Å². The van der Waals surface area contributed by atoms with E-state index in [0.717, 1.165) is 60.6 Å². The van der Waals surface area contributed by atoms with Gasteiger partial charge < -0.3 is 14.2 Å². The molecule has 0 aliphatic carbocycles. The summed E-state index contributed by atoms with van der Waals surface area (Å²) < 4.78 is 41.5. The van der Waals surface area contributed by atoms with E-state index >= 15 is 0 Å². The molecular weight excluding hydrogens is 416 g/mol. The predicted molar refractivity (Wildman–Crippen MR) is 116 cm³/mol. The average Bonchev–Trinajstić information content (AvgIpc) is 3.08. The van der Waals surface area contributed by atoms with E-state index in [1.54, 1.807) is 12.1 Å². The van der Waals surface area contributed by atoms with Crippen molar-refractivity contribution in [3.8, 4) is 17.2 Å². The molecule has 0 spiro atoms. The van der Waals surface area contributed by atoms with E-state index in [1.807, 2.05) is 37.3 Å². The number of aryl methyl sites for hydroxylation is 1. The molecule has 32 heavy (non-hydrogen) atoms. The van der Waals surface area contributed by atoms with E-state index in [-0.39, 0.29) is 11.5 Å². The number of pyridine rings is 1. The van der Waals surface area contributed by atoms with Gasteiger partial charge >= 0.3 is 6.29 Å². The molecule has 6 nitrogen and oxygen atoms in total. The van der Waals surface area contributed by atoms with Gasteiger partial charge in [0, 0.05) is 50.3 Å². The number of piperazine rings is 1. The Labute approximate surface area is 185 Å². The predicted octanol–water partition coefficient (Wildman–Crippen LogP) is 4.06. The van der Waals surface area contributed by atoms with Gasteiger partial charge in [-0.3, -0.25) is 14.8 Å². The Morgan fingerprint density at radius 2 is 1.75 bits per heavy atom. The van der Waals surface area contributed by atoms with Crippen LogP contribution in [0.25, 0.3) is 10.9 Å². The average molecular weight is 441 g/mol. The van der Waals surface area contributed by atoms with Crippen LogP contribution in [0.5, 0.6) is 17.2 Å². The van der Waals surface area contributed by atoms with Crippen molar-refractivity contribution < 1.29 is 23.0 Å². The third kappa shape index (κ3) is 4.61. The van der Waals surface area contributed by atoms with Gasteiger partial charge in [0.05, 0.1) is 5.52 Å². The fraction of sp³-hybridized carbons (Fsp3) is 0.375. The molecule has 0 radical (unpaired) electrons. The molecule has 1 aromatic heterocycles. The molecule has 8 heteroatoms. The lowest BCUT2D eigenvalue weighted by Gasteiger charge is -2.34. The zero-order chi connectivity index (χ0) is 22.1. The Hall–Kier alpha value is -2.97. The zero-order valence-corrected chi connectivity index (χ0v) is 17.9. The first-order valence-corrected chi connectivity index (χ1v) is 10.8. The largest absolute Gasteiger partial charge is 0.586 e. The summed E-state index contributed by atoms with van der Waals surface area (Å²) in [5, 5.41) is 1.03. The van der Waals surface area contributed by atoms with Gasteiger partial charge in [-0.05, 0) is 48.9 Å². The molecule has 2 aromatic carbocycles. The Morgan fingerprint density at radius 3 is 2.59 bits per heavy atom. The third-order valence-corrected chi connectivity index (χ3v) is 5.83. The van der Waals surface area contributed by atoms with E-state index in [2.05, 4.69) is 30.3 Å². The number of ether oxygens (including phenoxy) is 3.